The van der Waals surface area contributed by atoms with E-state index in [1.807, 2.05) is 26.0 Å². The molecule has 1 aliphatic rings. The second-order valence-corrected chi connectivity index (χ2v) is 6.93. The molecular weight excluding hydrogens is 342 g/mol. The molecule has 1 fully saturated rings. The van der Waals surface area contributed by atoms with Crippen molar-refractivity contribution in [2.75, 3.05) is 18.4 Å². The minimum absolute atomic E-state index is 0.0955. The van der Waals surface area contributed by atoms with Crippen LogP contribution in [0.3, 0.4) is 0 Å². The molecule has 2 amide bonds. The van der Waals surface area contributed by atoms with Crippen LogP contribution in [-0.2, 0) is 0 Å². The first-order valence-electron chi connectivity index (χ1n) is 9.36. The number of carbonyl (C=O) groups is 2. The monoisotopic (exact) mass is 367 g/mol. The topological polar surface area (TPSA) is 71.5 Å². The van der Waals surface area contributed by atoms with Gasteiger partial charge in [-0.2, -0.15) is 0 Å². The molecule has 0 unspecified atom stereocenters. The van der Waals surface area contributed by atoms with Crippen LogP contribution in [0.4, 0.5) is 5.69 Å². The van der Waals surface area contributed by atoms with Gasteiger partial charge < -0.3 is 15.0 Å². The van der Waals surface area contributed by atoms with Crippen LogP contribution in [0.5, 0.6) is 5.75 Å². The van der Waals surface area contributed by atoms with E-state index in [4.69, 9.17) is 4.74 Å². The van der Waals surface area contributed by atoms with Crippen LogP contribution in [0.1, 0.15) is 54.0 Å². The molecule has 142 valence electrons. The van der Waals surface area contributed by atoms with E-state index < -0.39 is 0 Å². The Morgan fingerprint density at radius 3 is 2.44 bits per heavy atom. The Morgan fingerprint density at radius 2 is 1.78 bits per heavy atom. The zero-order valence-corrected chi connectivity index (χ0v) is 15.8. The quantitative estimate of drug-likeness (QED) is 0.874. The molecule has 6 nitrogen and oxygen atoms in total. The number of ether oxygens (including phenoxy) is 1. The molecule has 0 saturated carbocycles. The lowest BCUT2D eigenvalue weighted by atomic mass is 10.1. The van der Waals surface area contributed by atoms with Gasteiger partial charge in [0.1, 0.15) is 11.4 Å². The Labute approximate surface area is 159 Å². The average molecular weight is 367 g/mol. The normalized spacial score (nSPS) is 14.1. The highest BCUT2D eigenvalue weighted by Gasteiger charge is 2.20. The van der Waals surface area contributed by atoms with E-state index in [2.05, 4.69) is 10.3 Å². The second-order valence-electron chi connectivity index (χ2n) is 6.93. The lowest BCUT2D eigenvalue weighted by molar-refractivity contribution is 0.0718. The number of likely N-dealkylation sites (tertiary alicyclic amines) is 1. The molecule has 1 saturated heterocycles. The molecule has 2 heterocycles. The van der Waals surface area contributed by atoms with Crippen LogP contribution >= 0.6 is 0 Å². The Balaban J connectivity index is 1.67. The fraction of sp³-hybridized carbons (Fsp3) is 0.381. The third kappa shape index (κ3) is 5.06. The summed E-state index contributed by atoms with van der Waals surface area (Å²) < 4.78 is 5.60. The molecule has 1 aromatic carbocycles. The molecule has 0 atom stereocenters. The summed E-state index contributed by atoms with van der Waals surface area (Å²) in [7, 11) is 0. The third-order valence-electron chi connectivity index (χ3n) is 4.37. The highest BCUT2D eigenvalue weighted by molar-refractivity contribution is 6.05. The van der Waals surface area contributed by atoms with Gasteiger partial charge in [-0.25, -0.2) is 0 Å². The summed E-state index contributed by atoms with van der Waals surface area (Å²) in [5.41, 5.74) is 1.38. The minimum atomic E-state index is -0.275. The van der Waals surface area contributed by atoms with Gasteiger partial charge in [0.2, 0.25) is 0 Å². The smallest absolute Gasteiger partial charge is 0.272 e. The first-order valence-corrected chi connectivity index (χ1v) is 9.36. The summed E-state index contributed by atoms with van der Waals surface area (Å²) in [4.78, 5) is 31.1. The van der Waals surface area contributed by atoms with Gasteiger partial charge in [0.25, 0.3) is 11.8 Å². The number of piperidine rings is 1. The summed E-state index contributed by atoms with van der Waals surface area (Å²) >= 11 is 0. The molecule has 1 N–H and O–H groups in total. The Hall–Kier alpha value is -2.89. The predicted octanol–water partition coefficient (Wildman–Crippen LogP) is 3.75. The van der Waals surface area contributed by atoms with Crippen LogP contribution in [-0.4, -0.2) is 40.9 Å². The van der Waals surface area contributed by atoms with Crippen LogP contribution < -0.4 is 10.1 Å². The van der Waals surface area contributed by atoms with Gasteiger partial charge in [0.15, 0.2) is 0 Å². The third-order valence-corrected chi connectivity index (χ3v) is 4.37. The van der Waals surface area contributed by atoms with Crippen LogP contribution in [0.15, 0.2) is 42.6 Å². The number of aromatic nitrogens is 1. The summed E-state index contributed by atoms with van der Waals surface area (Å²) in [6.07, 6.45) is 4.79. The second kappa shape index (κ2) is 8.66. The zero-order chi connectivity index (χ0) is 19.2. The van der Waals surface area contributed by atoms with Crippen molar-refractivity contribution in [1.29, 1.82) is 0 Å². The number of hydrogen-bond donors (Lipinski definition) is 1. The van der Waals surface area contributed by atoms with Gasteiger partial charge in [-0.1, -0.05) is 0 Å². The van der Waals surface area contributed by atoms with Crippen molar-refractivity contribution in [2.24, 2.45) is 0 Å². The number of benzene rings is 1. The minimum Gasteiger partial charge on any atom is -0.491 e. The number of carbonyl (C=O) groups excluding carboxylic acids is 2. The number of hydrogen-bond acceptors (Lipinski definition) is 4. The van der Waals surface area contributed by atoms with Crippen molar-refractivity contribution in [2.45, 2.75) is 39.2 Å². The van der Waals surface area contributed by atoms with Gasteiger partial charge in [-0.05, 0) is 69.5 Å². The number of anilines is 1. The fourth-order valence-electron chi connectivity index (χ4n) is 3.04. The van der Waals surface area contributed by atoms with E-state index in [-0.39, 0.29) is 17.9 Å². The summed E-state index contributed by atoms with van der Waals surface area (Å²) in [5.74, 6) is 0.364. The SMILES string of the molecule is CC(C)Oc1ccc(NC(=O)c2ccnc(C(=O)N3CCCCC3)c2)cc1. The lowest BCUT2D eigenvalue weighted by Crippen LogP contribution is -2.36. The van der Waals surface area contributed by atoms with Crippen LogP contribution in [0.25, 0.3) is 0 Å². The Kier molecular flexibility index (Phi) is 6.06. The maximum Gasteiger partial charge on any atom is 0.272 e. The first kappa shape index (κ1) is 18.9. The number of nitrogens with one attached hydrogen (secondary N) is 1. The number of rotatable bonds is 5. The molecule has 1 aromatic heterocycles. The Bertz CT molecular complexity index is 797. The maximum atomic E-state index is 12.6. The van der Waals surface area contributed by atoms with E-state index in [9.17, 15) is 9.59 Å². The molecule has 0 aliphatic carbocycles. The molecule has 0 bridgehead atoms. The van der Waals surface area contributed by atoms with E-state index in [1.54, 1.807) is 29.2 Å². The first-order chi connectivity index (χ1) is 13.0. The summed E-state index contributed by atoms with van der Waals surface area (Å²) in [6, 6.07) is 10.4. The van der Waals surface area contributed by atoms with Crippen molar-refractivity contribution < 1.29 is 14.3 Å². The molecule has 1 aliphatic heterocycles. The van der Waals surface area contributed by atoms with E-state index in [1.165, 1.54) is 6.20 Å². The van der Waals surface area contributed by atoms with Crippen molar-refractivity contribution in [3.63, 3.8) is 0 Å². The molecule has 6 heteroatoms. The summed E-state index contributed by atoms with van der Waals surface area (Å²) in [5, 5.41) is 2.84. The van der Waals surface area contributed by atoms with Gasteiger partial charge >= 0.3 is 0 Å². The highest BCUT2D eigenvalue weighted by atomic mass is 16.5. The van der Waals surface area contributed by atoms with Gasteiger partial charge in [0, 0.05) is 30.5 Å². The maximum absolute atomic E-state index is 12.6. The standard InChI is InChI=1S/C21H25N3O3/c1-15(2)27-18-8-6-17(7-9-18)23-20(25)16-10-11-22-19(14-16)21(26)24-12-4-3-5-13-24/h6-11,14-15H,3-5,12-13H2,1-2H3,(H,23,25). The molecule has 0 spiro atoms. The number of amides is 2. The number of nitrogens with zero attached hydrogens (tertiary/aromatic N) is 2. The van der Waals surface area contributed by atoms with Crippen molar-refractivity contribution in [1.82, 2.24) is 9.88 Å². The Morgan fingerprint density at radius 1 is 1.07 bits per heavy atom. The molecule has 3 rings (SSSR count). The molecule has 2 aromatic rings. The largest absolute Gasteiger partial charge is 0.491 e. The zero-order valence-electron chi connectivity index (χ0n) is 15.8. The predicted molar refractivity (Wildman–Crippen MR) is 104 cm³/mol. The fourth-order valence-corrected chi connectivity index (χ4v) is 3.04. The van der Waals surface area contributed by atoms with Crippen molar-refractivity contribution in [3.8, 4) is 5.75 Å². The highest BCUT2D eigenvalue weighted by Crippen LogP contribution is 2.18. The van der Waals surface area contributed by atoms with Crippen LogP contribution in [0.2, 0.25) is 0 Å². The molecular formula is C21H25N3O3. The summed E-state index contributed by atoms with van der Waals surface area (Å²) in [6.45, 7) is 5.42. The molecule has 0 radical (unpaired) electrons. The van der Waals surface area contributed by atoms with Gasteiger partial charge in [0.05, 0.1) is 6.10 Å². The van der Waals surface area contributed by atoms with Crippen molar-refractivity contribution in [3.05, 3.63) is 53.9 Å². The van der Waals surface area contributed by atoms with E-state index in [0.29, 0.717) is 16.9 Å². The van der Waals surface area contributed by atoms with Gasteiger partial charge in [-0.15, -0.1) is 0 Å². The lowest BCUT2D eigenvalue weighted by Gasteiger charge is -2.26. The average Bonchev–Trinajstić information content (AvgIpc) is 2.69. The van der Waals surface area contributed by atoms with E-state index >= 15 is 0 Å². The number of pyridine rings is 1. The van der Waals surface area contributed by atoms with Crippen LogP contribution in [0, 0.1) is 0 Å². The van der Waals surface area contributed by atoms with Gasteiger partial charge in [-0.3, -0.25) is 14.6 Å². The molecule has 27 heavy (non-hydrogen) atoms. The van der Waals surface area contributed by atoms with E-state index in [0.717, 1.165) is 38.1 Å². The van der Waals surface area contributed by atoms with Crippen molar-refractivity contribution >= 4 is 17.5 Å².